The van der Waals surface area contributed by atoms with Gasteiger partial charge in [0.05, 0.1) is 32.8 Å². The summed E-state index contributed by atoms with van der Waals surface area (Å²) in [7, 11) is 4.85. The van der Waals surface area contributed by atoms with Gasteiger partial charge in [0.2, 0.25) is 5.91 Å². The van der Waals surface area contributed by atoms with Gasteiger partial charge in [-0.3, -0.25) is 9.59 Å². The van der Waals surface area contributed by atoms with Gasteiger partial charge < -0.3 is 24.0 Å². The minimum absolute atomic E-state index is 0.0568. The lowest BCUT2D eigenvalue weighted by molar-refractivity contribution is -0.136. The number of likely N-dealkylation sites (tertiary alicyclic amines) is 1. The molecule has 0 unspecified atom stereocenters. The summed E-state index contributed by atoms with van der Waals surface area (Å²) in [5.41, 5.74) is 2.56. The van der Waals surface area contributed by atoms with Crippen LogP contribution >= 0.6 is 11.6 Å². The number of hydrogen-bond acceptors (Lipinski definition) is 5. The van der Waals surface area contributed by atoms with Crippen molar-refractivity contribution in [2.45, 2.75) is 19.3 Å². The fraction of sp³-hybridized carbons (Fsp3) is 0.407. The molecule has 2 aromatic rings. The van der Waals surface area contributed by atoms with Crippen LogP contribution in [0.15, 0.2) is 42.5 Å². The number of amides is 2. The van der Waals surface area contributed by atoms with Crippen molar-refractivity contribution in [2.75, 3.05) is 47.5 Å². The molecule has 0 spiro atoms. The van der Waals surface area contributed by atoms with E-state index in [9.17, 15) is 9.59 Å². The Kier molecular flexibility index (Phi) is 7.86. The van der Waals surface area contributed by atoms with Crippen molar-refractivity contribution >= 4 is 29.0 Å². The van der Waals surface area contributed by atoms with E-state index in [0.717, 1.165) is 24.0 Å². The molecule has 0 radical (unpaired) electrons. The number of carbonyl (C=O) groups is 2. The number of carbonyl (C=O) groups excluding carboxylic acids is 2. The average Bonchev–Trinajstić information content (AvgIpc) is 2.92. The number of piperidine rings is 1. The van der Waals surface area contributed by atoms with Crippen molar-refractivity contribution in [3.8, 4) is 17.2 Å². The SMILES string of the molecule is COc1cc(OC)c(C2=CCN(C(=O)[C@@H]3CCCN(C(=O)c4ccc(Cl)cc4)C3)CC2)c(OC)c1. The Hall–Kier alpha value is -3.19. The molecule has 1 saturated heterocycles. The van der Waals surface area contributed by atoms with Crippen LogP contribution in [0.25, 0.3) is 5.57 Å². The van der Waals surface area contributed by atoms with E-state index < -0.39 is 0 Å². The molecule has 1 atom stereocenters. The van der Waals surface area contributed by atoms with Gasteiger partial charge in [-0.2, -0.15) is 0 Å². The number of hydrogen-bond donors (Lipinski definition) is 0. The second kappa shape index (κ2) is 11.0. The summed E-state index contributed by atoms with van der Waals surface area (Å²) >= 11 is 5.95. The summed E-state index contributed by atoms with van der Waals surface area (Å²) < 4.78 is 16.6. The molecule has 2 amide bonds. The highest BCUT2D eigenvalue weighted by Gasteiger charge is 2.32. The topological polar surface area (TPSA) is 68.3 Å². The first-order valence-corrected chi connectivity index (χ1v) is 12.2. The maximum Gasteiger partial charge on any atom is 0.253 e. The van der Waals surface area contributed by atoms with Crippen molar-refractivity contribution < 1.29 is 23.8 Å². The zero-order valence-electron chi connectivity index (χ0n) is 20.4. The molecule has 2 aliphatic heterocycles. The molecule has 1 fully saturated rings. The molecule has 0 bridgehead atoms. The van der Waals surface area contributed by atoms with E-state index in [0.29, 0.717) is 60.4 Å². The summed E-state index contributed by atoms with van der Waals surface area (Å²) in [4.78, 5) is 30.0. The van der Waals surface area contributed by atoms with E-state index in [1.165, 1.54) is 0 Å². The number of halogens is 1. The summed E-state index contributed by atoms with van der Waals surface area (Å²) in [6.07, 6.45) is 4.35. The molecule has 2 aliphatic rings. The highest BCUT2D eigenvalue weighted by atomic mass is 35.5. The predicted molar refractivity (Wildman–Crippen MR) is 135 cm³/mol. The smallest absolute Gasteiger partial charge is 0.253 e. The van der Waals surface area contributed by atoms with E-state index in [2.05, 4.69) is 6.08 Å². The maximum absolute atomic E-state index is 13.4. The lowest BCUT2D eigenvalue weighted by atomic mass is 9.93. The van der Waals surface area contributed by atoms with Crippen molar-refractivity contribution in [3.05, 3.63) is 58.6 Å². The van der Waals surface area contributed by atoms with Crippen LogP contribution in [0.2, 0.25) is 5.02 Å². The molecular formula is C27H31ClN2O5. The zero-order chi connectivity index (χ0) is 24.9. The van der Waals surface area contributed by atoms with E-state index >= 15 is 0 Å². The van der Waals surface area contributed by atoms with Crippen LogP contribution in [0.1, 0.15) is 35.2 Å². The second-order valence-corrected chi connectivity index (χ2v) is 9.20. The Morgan fingerprint density at radius 2 is 1.63 bits per heavy atom. The molecular weight excluding hydrogens is 468 g/mol. The van der Waals surface area contributed by atoms with Gasteiger partial charge in [0.15, 0.2) is 0 Å². The third kappa shape index (κ3) is 5.40. The third-order valence-electron chi connectivity index (χ3n) is 6.71. The predicted octanol–water partition coefficient (Wildman–Crippen LogP) is 4.53. The van der Waals surface area contributed by atoms with E-state index in [1.54, 1.807) is 50.5 Å². The number of benzene rings is 2. The number of rotatable bonds is 6. The van der Waals surface area contributed by atoms with Crippen molar-refractivity contribution in [3.63, 3.8) is 0 Å². The molecule has 0 N–H and O–H groups in total. The highest BCUT2D eigenvalue weighted by Crippen LogP contribution is 2.41. The average molecular weight is 499 g/mol. The Balaban J connectivity index is 1.45. The van der Waals surface area contributed by atoms with Crippen LogP contribution in [0.5, 0.6) is 17.2 Å². The normalized spacial score (nSPS) is 18.1. The quantitative estimate of drug-likeness (QED) is 0.585. The van der Waals surface area contributed by atoms with Crippen LogP contribution in [-0.4, -0.2) is 69.1 Å². The summed E-state index contributed by atoms with van der Waals surface area (Å²) in [5, 5.41) is 0.593. The largest absolute Gasteiger partial charge is 0.496 e. The molecule has 186 valence electrons. The summed E-state index contributed by atoms with van der Waals surface area (Å²) in [5.74, 6) is 1.86. The molecule has 2 heterocycles. The lowest BCUT2D eigenvalue weighted by Crippen LogP contribution is -2.47. The van der Waals surface area contributed by atoms with Gasteiger partial charge in [0.25, 0.3) is 5.91 Å². The zero-order valence-corrected chi connectivity index (χ0v) is 21.1. The van der Waals surface area contributed by atoms with Crippen molar-refractivity contribution in [1.82, 2.24) is 9.80 Å². The van der Waals surface area contributed by atoms with Crippen LogP contribution in [0.3, 0.4) is 0 Å². The van der Waals surface area contributed by atoms with Gasteiger partial charge in [0.1, 0.15) is 17.2 Å². The molecule has 35 heavy (non-hydrogen) atoms. The number of methoxy groups -OCH3 is 3. The Labute approximate surface area is 211 Å². The number of ether oxygens (including phenoxy) is 3. The van der Waals surface area contributed by atoms with Gasteiger partial charge in [-0.1, -0.05) is 17.7 Å². The minimum atomic E-state index is -0.194. The van der Waals surface area contributed by atoms with E-state index in [1.807, 2.05) is 17.0 Å². The monoisotopic (exact) mass is 498 g/mol. The Morgan fingerprint density at radius 3 is 2.20 bits per heavy atom. The Bertz CT molecular complexity index is 1090. The standard InChI is InChI=1S/C27H31ClN2O5/c1-33-22-15-23(34-2)25(24(16-22)35-3)18-10-13-29(14-11-18)27(32)20-5-4-12-30(17-20)26(31)19-6-8-21(28)9-7-19/h6-10,15-16,20H,4-5,11-14,17H2,1-3H3/t20-/m1/s1. The van der Waals surface area contributed by atoms with Gasteiger partial charge in [0, 0.05) is 48.9 Å². The summed E-state index contributed by atoms with van der Waals surface area (Å²) in [6, 6.07) is 10.6. The fourth-order valence-corrected chi connectivity index (χ4v) is 4.94. The lowest BCUT2D eigenvalue weighted by Gasteiger charge is -2.36. The molecule has 4 rings (SSSR count). The molecule has 7 nitrogen and oxygen atoms in total. The van der Waals surface area contributed by atoms with Gasteiger partial charge >= 0.3 is 0 Å². The first kappa shape index (κ1) is 24.9. The van der Waals surface area contributed by atoms with Gasteiger partial charge in [-0.15, -0.1) is 0 Å². The third-order valence-corrected chi connectivity index (χ3v) is 6.96. The van der Waals surface area contributed by atoms with Crippen LogP contribution in [0, 0.1) is 5.92 Å². The number of nitrogens with zero attached hydrogens (tertiary/aromatic N) is 2. The maximum atomic E-state index is 13.4. The van der Waals surface area contributed by atoms with Crippen molar-refractivity contribution in [1.29, 1.82) is 0 Å². The highest BCUT2D eigenvalue weighted by molar-refractivity contribution is 6.30. The summed E-state index contributed by atoms with van der Waals surface area (Å²) in [6.45, 7) is 2.21. The molecule has 0 aromatic heterocycles. The molecule has 0 aliphatic carbocycles. The molecule has 2 aromatic carbocycles. The minimum Gasteiger partial charge on any atom is -0.496 e. The van der Waals surface area contributed by atoms with E-state index in [4.69, 9.17) is 25.8 Å². The van der Waals surface area contributed by atoms with Gasteiger partial charge in [-0.05, 0) is 49.1 Å². The molecule has 0 saturated carbocycles. The first-order chi connectivity index (χ1) is 16.9. The van der Waals surface area contributed by atoms with Crippen LogP contribution < -0.4 is 14.2 Å². The van der Waals surface area contributed by atoms with Crippen LogP contribution in [0.4, 0.5) is 0 Å². The Morgan fingerprint density at radius 1 is 0.943 bits per heavy atom. The second-order valence-electron chi connectivity index (χ2n) is 8.77. The van der Waals surface area contributed by atoms with Crippen molar-refractivity contribution in [2.24, 2.45) is 5.92 Å². The molecule has 8 heteroatoms. The van der Waals surface area contributed by atoms with Crippen LogP contribution in [-0.2, 0) is 4.79 Å². The first-order valence-electron chi connectivity index (χ1n) is 11.8. The van der Waals surface area contributed by atoms with E-state index in [-0.39, 0.29) is 17.7 Å². The van der Waals surface area contributed by atoms with Gasteiger partial charge in [-0.25, -0.2) is 0 Å². The fourth-order valence-electron chi connectivity index (χ4n) is 4.81.